The number of carbonyl (C=O) groups excluding carboxylic acids is 1. The predicted molar refractivity (Wildman–Crippen MR) is 94.3 cm³/mol. The van der Waals surface area contributed by atoms with Crippen molar-refractivity contribution in [2.75, 3.05) is 5.32 Å². The number of hydrogen-bond acceptors (Lipinski definition) is 4. The summed E-state index contributed by atoms with van der Waals surface area (Å²) < 4.78 is 6.94. The zero-order chi connectivity index (χ0) is 17.5. The fourth-order valence-corrected chi connectivity index (χ4v) is 2.24. The number of aromatic nitrogens is 2. The number of nitrogens with one attached hydrogen (secondary N) is 1. The molecule has 0 aliphatic carbocycles. The fraction of sp³-hybridized carbons (Fsp3) is 0.105. The molecule has 1 aromatic heterocycles. The normalized spacial score (nSPS) is 10.2. The molecule has 126 valence electrons. The molecule has 0 atom stereocenters. The first-order chi connectivity index (χ1) is 12.2. The Morgan fingerprint density at radius 3 is 2.52 bits per heavy atom. The van der Waals surface area contributed by atoms with Crippen molar-refractivity contribution in [1.82, 2.24) is 9.55 Å². The number of amides is 1. The monoisotopic (exact) mass is 335 g/mol. The van der Waals surface area contributed by atoms with Crippen molar-refractivity contribution in [3.8, 4) is 5.75 Å². The number of carbonyl (C=O) groups is 1. The first-order valence-electron chi connectivity index (χ1n) is 7.79. The van der Waals surface area contributed by atoms with Crippen LogP contribution in [0.5, 0.6) is 5.75 Å². The largest absolute Gasteiger partial charge is 0.489 e. The summed E-state index contributed by atoms with van der Waals surface area (Å²) in [5.41, 5.74) is 1.26. The molecule has 0 saturated heterocycles. The summed E-state index contributed by atoms with van der Waals surface area (Å²) in [6, 6.07) is 18.6. The van der Waals surface area contributed by atoms with Crippen LogP contribution >= 0.6 is 0 Å². The zero-order valence-corrected chi connectivity index (χ0v) is 13.5. The zero-order valence-electron chi connectivity index (χ0n) is 13.5. The lowest BCUT2D eigenvalue weighted by molar-refractivity contribution is -0.116. The van der Waals surface area contributed by atoms with E-state index in [2.05, 4.69) is 10.3 Å². The summed E-state index contributed by atoms with van der Waals surface area (Å²) in [5, 5.41) is 2.74. The predicted octanol–water partition coefficient (Wildman–Crippen LogP) is 2.46. The maximum Gasteiger partial charge on any atom is 0.347 e. The summed E-state index contributed by atoms with van der Waals surface area (Å²) in [6.07, 6.45) is 2.92. The third-order valence-corrected chi connectivity index (χ3v) is 3.48. The van der Waals surface area contributed by atoms with Gasteiger partial charge in [-0.25, -0.2) is 9.78 Å². The average Bonchev–Trinajstić information content (AvgIpc) is 2.64. The first kappa shape index (κ1) is 16.4. The van der Waals surface area contributed by atoms with Crippen molar-refractivity contribution < 1.29 is 9.53 Å². The van der Waals surface area contributed by atoms with Gasteiger partial charge in [0.05, 0.1) is 0 Å². The highest BCUT2D eigenvalue weighted by molar-refractivity contribution is 5.90. The second kappa shape index (κ2) is 7.92. The Kier molecular flexibility index (Phi) is 5.21. The number of benzene rings is 2. The lowest BCUT2D eigenvalue weighted by Crippen LogP contribution is -2.28. The third-order valence-electron chi connectivity index (χ3n) is 3.48. The van der Waals surface area contributed by atoms with Gasteiger partial charge in [-0.1, -0.05) is 30.3 Å². The molecule has 0 bridgehead atoms. The van der Waals surface area contributed by atoms with Gasteiger partial charge in [0.1, 0.15) is 18.9 Å². The fourth-order valence-electron chi connectivity index (χ4n) is 2.24. The Bertz CT molecular complexity index is 890. The van der Waals surface area contributed by atoms with Gasteiger partial charge in [0.2, 0.25) is 5.91 Å². The molecular formula is C19H17N3O3. The molecular weight excluding hydrogens is 318 g/mol. The number of rotatable bonds is 6. The van der Waals surface area contributed by atoms with Crippen LogP contribution in [0.15, 0.2) is 77.9 Å². The standard InChI is InChI=1S/C19H17N3O3/c23-18(13-22-12-4-11-20-19(22)24)21-16-7-9-17(10-8-16)25-14-15-5-2-1-3-6-15/h1-12H,13-14H2,(H,21,23). The van der Waals surface area contributed by atoms with Gasteiger partial charge in [-0.2, -0.15) is 0 Å². The van der Waals surface area contributed by atoms with E-state index < -0.39 is 5.69 Å². The molecule has 0 spiro atoms. The van der Waals surface area contributed by atoms with Gasteiger partial charge in [0, 0.05) is 18.1 Å². The topological polar surface area (TPSA) is 73.2 Å². The second-order valence-corrected chi connectivity index (χ2v) is 5.38. The third kappa shape index (κ3) is 4.78. The number of nitrogens with zero attached hydrogens (tertiary/aromatic N) is 2. The Morgan fingerprint density at radius 2 is 1.80 bits per heavy atom. The van der Waals surface area contributed by atoms with Gasteiger partial charge in [-0.15, -0.1) is 0 Å². The Labute approximate surface area is 144 Å². The molecule has 0 aliphatic heterocycles. The van der Waals surface area contributed by atoms with Gasteiger partial charge >= 0.3 is 5.69 Å². The molecule has 0 fully saturated rings. The van der Waals surface area contributed by atoms with Crippen molar-refractivity contribution in [3.63, 3.8) is 0 Å². The number of ether oxygens (including phenoxy) is 1. The molecule has 0 unspecified atom stereocenters. The lowest BCUT2D eigenvalue weighted by atomic mass is 10.2. The number of hydrogen-bond donors (Lipinski definition) is 1. The molecule has 0 radical (unpaired) electrons. The van der Waals surface area contributed by atoms with Gasteiger partial charge in [0.25, 0.3) is 0 Å². The van der Waals surface area contributed by atoms with Crippen LogP contribution in [-0.2, 0) is 17.9 Å². The minimum atomic E-state index is -0.456. The highest BCUT2D eigenvalue weighted by atomic mass is 16.5. The van der Waals surface area contributed by atoms with E-state index in [-0.39, 0.29) is 12.5 Å². The highest BCUT2D eigenvalue weighted by Gasteiger charge is 2.05. The molecule has 0 aliphatic rings. The summed E-state index contributed by atoms with van der Waals surface area (Å²) in [5.74, 6) is 0.415. The van der Waals surface area contributed by atoms with Crippen LogP contribution in [0.3, 0.4) is 0 Å². The number of anilines is 1. The summed E-state index contributed by atoms with van der Waals surface area (Å²) in [6.45, 7) is 0.398. The van der Waals surface area contributed by atoms with Crippen LogP contribution < -0.4 is 15.7 Å². The first-order valence-corrected chi connectivity index (χ1v) is 7.79. The Hall–Kier alpha value is -3.41. The van der Waals surface area contributed by atoms with Crippen molar-refractivity contribution in [1.29, 1.82) is 0 Å². The molecule has 6 nitrogen and oxygen atoms in total. The van der Waals surface area contributed by atoms with Crippen molar-refractivity contribution in [2.24, 2.45) is 0 Å². The Morgan fingerprint density at radius 1 is 1.04 bits per heavy atom. The maximum absolute atomic E-state index is 12.0. The molecule has 1 N–H and O–H groups in total. The molecule has 0 saturated carbocycles. The molecule has 2 aromatic carbocycles. The summed E-state index contributed by atoms with van der Waals surface area (Å²) in [4.78, 5) is 27.1. The molecule has 1 amide bonds. The van der Waals surface area contributed by atoms with Crippen LogP contribution in [0.1, 0.15) is 5.56 Å². The van der Waals surface area contributed by atoms with Crippen LogP contribution in [0.4, 0.5) is 5.69 Å². The van der Waals surface area contributed by atoms with Gasteiger partial charge in [0.15, 0.2) is 0 Å². The van der Waals surface area contributed by atoms with Gasteiger partial charge in [-0.3, -0.25) is 9.36 Å². The highest BCUT2D eigenvalue weighted by Crippen LogP contribution is 2.17. The van der Waals surface area contributed by atoms with Gasteiger partial charge < -0.3 is 10.1 Å². The minimum Gasteiger partial charge on any atom is -0.489 e. The van der Waals surface area contributed by atoms with E-state index in [1.807, 2.05) is 30.3 Å². The Balaban J connectivity index is 1.54. The quantitative estimate of drug-likeness (QED) is 0.751. The van der Waals surface area contributed by atoms with Crippen LogP contribution in [0.25, 0.3) is 0 Å². The van der Waals surface area contributed by atoms with E-state index >= 15 is 0 Å². The van der Waals surface area contributed by atoms with Crippen LogP contribution in [0.2, 0.25) is 0 Å². The minimum absolute atomic E-state index is 0.0844. The average molecular weight is 335 g/mol. The van der Waals surface area contributed by atoms with Crippen molar-refractivity contribution in [3.05, 3.63) is 89.1 Å². The molecule has 25 heavy (non-hydrogen) atoms. The molecule has 6 heteroatoms. The molecule has 1 heterocycles. The van der Waals surface area contributed by atoms with E-state index in [4.69, 9.17) is 4.74 Å². The maximum atomic E-state index is 12.0. The smallest absolute Gasteiger partial charge is 0.347 e. The lowest BCUT2D eigenvalue weighted by Gasteiger charge is -2.09. The van der Waals surface area contributed by atoms with Gasteiger partial charge in [-0.05, 0) is 35.9 Å². The second-order valence-electron chi connectivity index (χ2n) is 5.38. The molecule has 3 aromatic rings. The molecule has 3 rings (SSSR count). The van der Waals surface area contributed by atoms with Crippen molar-refractivity contribution >= 4 is 11.6 Å². The SMILES string of the molecule is O=C(Cn1cccnc1=O)Nc1ccc(OCc2ccccc2)cc1. The van der Waals surface area contributed by atoms with E-state index in [0.717, 1.165) is 5.56 Å². The van der Waals surface area contributed by atoms with E-state index in [1.54, 1.807) is 30.3 Å². The van der Waals surface area contributed by atoms with Crippen molar-refractivity contribution in [2.45, 2.75) is 13.2 Å². The van der Waals surface area contributed by atoms with Crippen LogP contribution in [0, 0.1) is 0 Å². The van der Waals surface area contributed by atoms with Crippen LogP contribution in [-0.4, -0.2) is 15.5 Å². The van der Waals surface area contributed by atoms with E-state index in [9.17, 15) is 9.59 Å². The summed E-state index contributed by atoms with van der Waals surface area (Å²) in [7, 11) is 0. The van der Waals surface area contributed by atoms with E-state index in [0.29, 0.717) is 18.0 Å². The van der Waals surface area contributed by atoms with E-state index in [1.165, 1.54) is 17.0 Å². The summed E-state index contributed by atoms with van der Waals surface area (Å²) >= 11 is 0.